The molecule has 0 atom stereocenters. The molecule has 1 N–H and O–H groups in total. The molecule has 6 heteroatoms. The van der Waals surface area contributed by atoms with E-state index in [2.05, 4.69) is 37.2 Å². The Morgan fingerprint density at radius 3 is 2.24 bits per heavy atom. The predicted molar refractivity (Wildman–Crippen MR) is 69.4 cm³/mol. The molecule has 1 rings (SSSR count). The van der Waals surface area contributed by atoms with Crippen molar-refractivity contribution in [1.29, 1.82) is 0 Å². The largest absolute Gasteiger partial charge is 0.346 e. The van der Waals surface area contributed by atoms with Gasteiger partial charge in [0.1, 0.15) is 17.2 Å². The number of alkyl halides is 1. The van der Waals surface area contributed by atoms with E-state index in [4.69, 9.17) is 0 Å². The van der Waals surface area contributed by atoms with E-state index in [-0.39, 0.29) is 4.47 Å². The second-order valence-electron chi connectivity index (χ2n) is 4.22. The highest BCUT2D eigenvalue weighted by Gasteiger charge is 2.24. The van der Waals surface area contributed by atoms with Gasteiger partial charge in [0.05, 0.1) is 0 Å². The molecule has 0 radical (unpaired) electrons. The zero-order valence-corrected chi connectivity index (χ0v) is 12.5. The maximum Gasteiger partial charge on any atom is 0.257 e. The Kier molecular flexibility index (Phi) is 4.66. The molecule has 1 aromatic rings. The number of halogens is 4. The highest BCUT2D eigenvalue weighted by molar-refractivity contribution is 9.10. The van der Waals surface area contributed by atoms with E-state index in [1.165, 1.54) is 0 Å². The molecular formula is C11H11Br2F2NO. The molecule has 0 aliphatic heterocycles. The topological polar surface area (TPSA) is 29.1 Å². The first-order valence-corrected chi connectivity index (χ1v) is 6.71. The average molecular weight is 371 g/mol. The summed E-state index contributed by atoms with van der Waals surface area (Å²) in [5.41, 5.74) is -1.15. The molecule has 0 spiro atoms. The van der Waals surface area contributed by atoms with Crippen LogP contribution in [0.5, 0.6) is 0 Å². The normalized spacial score (nSPS) is 11.4. The van der Waals surface area contributed by atoms with Crippen molar-refractivity contribution in [2.24, 2.45) is 0 Å². The summed E-state index contributed by atoms with van der Waals surface area (Å²) in [4.78, 5) is 11.7. The highest BCUT2D eigenvalue weighted by Crippen LogP contribution is 2.20. The van der Waals surface area contributed by atoms with Gasteiger partial charge in [-0.05, 0) is 26.0 Å². The lowest BCUT2D eigenvalue weighted by molar-refractivity contribution is 0.0912. The number of carbonyl (C=O) groups excluding carboxylic acids is 1. The minimum Gasteiger partial charge on any atom is -0.346 e. The number of benzene rings is 1. The summed E-state index contributed by atoms with van der Waals surface area (Å²) in [6, 6.07) is 2.11. The Balaban J connectivity index is 3.05. The van der Waals surface area contributed by atoms with Crippen molar-refractivity contribution < 1.29 is 13.6 Å². The van der Waals surface area contributed by atoms with Gasteiger partial charge in [0, 0.05) is 15.3 Å². The lowest BCUT2D eigenvalue weighted by atomic mass is 10.1. The molecule has 0 fully saturated rings. The van der Waals surface area contributed by atoms with E-state index < -0.39 is 28.6 Å². The Labute approximate surface area is 115 Å². The summed E-state index contributed by atoms with van der Waals surface area (Å²) in [5, 5.41) is 3.02. The molecule has 1 aromatic carbocycles. The molecule has 94 valence electrons. The van der Waals surface area contributed by atoms with Crippen molar-refractivity contribution in [3.63, 3.8) is 0 Å². The first-order valence-electron chi connectivity index (χ1n) is 4.80. The molecule has 0 saturated heterocycles. The van der Waals surface area contributed by atoms with Crippen molar-refractivity contribution >= 4 is 37.8 Å². The fourth-order valence-electron chi connectivity index (χ4n) is 1.16. The van der Waals surface area contributed by atoms with E-state index in [1.54, 1.807) is 13.8 Å². The van der Waals surface area contributed by atoms with Gasteiger partial charge in [0.15, 0.2) is 0 Å². The average Bonchev–Trinajstić information content (AvgIpc) is 2.14. The van der Waals surface area contributed by atoms with Crippen LogP contribution in [0.3, 0.4) is 0 Å². The molecule has 0 unspecified atom stereocenters. The second kappa shape index (κ2) is 5.44. The van der Waals surface area contributed by atoms with Gasteiger partial charge in [-0.15, -0.1) is 0 Å². The quantitative estimate of drug-likeness (QED) is 0.809. The molecular weight excluding hydrogens is 360 g/mol. The van der Waals surface area contributed by atoms with E-state index in [0.717, 1.165) is 12.1 Å². The van der Waals surface area contributed by atoms with Gasteiger partial charge >= 0.3 is 0 Å². The summed E-state index contributed by atoms with van der Waals surface area (Å²) in [7, 11) is 0. The van der Waals surface area contributed by atoms with Crippen LogP contribution in [0.2, 0.25) is 0 Å². The van der Waals surface area contributed by atoms with Crippen molar-refractivity contribution in [3.05, 3.63) is 33.8 Å². The maximum absolute atomic E-state index is 13.5. The van der Waals surface area contributed by atoms with Crippen molar-refractivity contribution in [2.45, 2.75) is 19.4 Å². The third-order valence-corrected chi connectivity index (χ3v) is 3.88. The third kappa shape index (κ3) is 3.74. The van der Waals surface area contributed by atoms with E-state index >= 15 is 0 Å². The zero-order chi connectivity index (χ0) is 13.2. The first-order chi connectivity index (χ1) is 7.76. The minimum atomic E-state index is -0.889. The molecule has 0 saturated carbocycles. The Hall–Kier alpha value is -0.490. The van der Waals surface area contributed by atoms with Crippen LogP contribution < -0.4 is 5.32 Å². The highest BCUT2D eigenvalue weighted by atomic mass is 79.9. The standard InChI is InChI=1S/C11H11Br2F2NO/c1-11(2,5-12)16-10(17)9-7(14)3-6(13)4-8(9)15/h3-4H,5H2,1-2H3,(H,16,17). The fraction of sp³-hybridized carbons (Fsp3) is 0.364. The van der Waals surface area contributed by atoms with Crippen LogP contribution in [0.1, 0.15) is 24.2 Å². The molecule has 17 heavy (non-hydrogen) atoms. The minimum absolute atomic E-state index is 0.254. The number of rotatable bonds is 3. The Morgan fingerprint density at radius 1 is 1.35 bits per heavy atom. The lowest BCUT2D eigenvalue weighted by Gasteiger charge is -2.23. The van der Waals surface area contributed by atoms with Crippen LogP contribution in [0, 0.1) is 11.6 Å². The molecule has 0 heterocycles. The molecule has 0 aliphatic carbocycles. The monoisotopic (exact) mass is 369 g/mol. The molecule has 2 nitrogen and oxygen atoms in total. The Bertz CT molecular complexity index is 426. The van der Waals surface area contributed by atoms with Crippen LogP contribution in [0.25, 0.3) is 0 Å². The summed E-state index contributed by atoms with van der Waals surface area (Å²) < 4.78 is 27.3. The summed E-state index contributed by atoms with van der Waals surface area (Å²) in [5.74, 6) is -2.54. The summed E-state index contributed by atoms with van der Waals surface area (Å²) in [6.45, 7) is 3.49. The third-order valence-electron chi connectivity index (χ3n) is 2.02. The molecule has 1 amide bonds. The van der Waals surface area contributed by atoms with Crippen LogP contribution >= 0.6 is 31.9 Å². The predicted octanol–water partition coefficient (Wildman–Crippen LogP) is 3.63. The fourth-order valence-corrected chi connectivity index (χ4v) is 1.70. The van der Waals surface area contributed by atoms with E-state index in [1.807, 2.05) is 0 Å². The van der Waals surface area contributed by atoms with Gasteiger partial charge in [-0.2, -0.15) is 0 Å². The van der Waals surface area contributed by atoms with Crippen molar-refractivity contribution in [3.8, 4) is 0 Å². The molecule has 0 bridgehead atoms. The lowest BCUT2D eigenvalue weighted by Crippen LogP contribution is -2.45. The van der Waals surface area contributed by atoms with Crippen LogP contribution in [0.4, 0.5) is 8.78 Å². The van der Waals surface area contributed by atoms with Crippen molar-refractivity contribution in [2.75, 3.05) is 5.33 Å². The molecule has 0 aromatic heterocycles. The number of hydrogen-bond donors (Lipinski definition) is 1. The second-order valence-corrected chi connectivity index (χ2v) is 5.69. The smallest absolute Gasteiger partial charge is 0.257 e. The van der Waals surface area contributed by atoms with Gasteiger partial charge in [-0.25, -0.2) is 8.78 Å². The van der Waals surface area contributed by atoms with Crippen LogP contribution in [-0.2, 0) is 0 Å². The van der Waals surface area contributed by atoms with Gasteiger partial charge in [-0.1, -0.05) is 31.9 Å². The van der Waals surface area contributed by atoms with Gasteiger partial charge in [-0.3, -0.25) is 4.79 Å². The van der Waals surface area contributed by atoms with Gasteiger partial charge in [0.25, 0.3) is 5.91 Å². The van der Waals surface area contributed by atoms with Crippen molar-refractivity contribution in [1.82, 2.24) is 5.32 Å². The van der Waals surface area contributed by atoms with Gasteiger partial charge < -0.3 is 5.32 Å². The SMILES string of the molecule is CC(C)(CBr)NC(=O)c1c(F)cc(Br)cc1F. The summed E-state index contributed by atoms with van der Waals surface area (Å²) in [6.07, 6.45) is 0. The number of hydrogen-bond acceptors (Lipinski definition) is 1. The van der Waals surface area contributed by atoms with E-state index in [0.29, 0.717) is 5.33 Å². The Morgan fingerprint density at radius 2 is 1.82 bits per heavy atom. The van der Waals surface area contributed by atoms with Crippen LogP contribution in [-0.4, -0.2) is 16.8 Å². The van der Waals surface area contributed by atoms with Gasteiger partial charge in [0.2, 0.25) is 0 Å². The molecule has 0 aliphatic rings. The maximum atomic E-state index is 13.5. The summed E-state index contributed by atoms with van der Waals surface area (Å²) >= 11 is 6.16. The zero-order valence-electron chi connectivity index (χ0n) is 9.28. The number of amides is 1. The van der Waals surface area contributed by atoms with E-state index in [9.17, 15) is 13.6 Å². The number of nitrogens with one attached hydrogen (secondary N) is 1. The first kappa shape index (κ1) is 14.6. The number of carbonyl (C=O) groups is 1. The van der Waals surface area contributed by atoms with Crippen LogP contribution in [0.15, 0.2) is 16.6 Å².